The molecular formula is C17H19N3O. The zero-order valence-electron chi connectivity index (χ0n) is 12.8. The van der Waals surface area contributed by atoms with E-state index >= 15 is 0 Å². The van der Waals surface area contributed by atoms with Crippen LogP contribution in [0, 0.1) is 20.8 Å². The van der Waals surface area contributed by atoms with Crippen molar-refractivity contribution in [3.05, 3.63) is 53.1 Å². The second-order valence-electron chi connectivity index (χ2n) is 5.50. The second-order valence-corrected chi connectivity index (χ2v) is 5.50. The molecule has 0 saturated carbocycles. The lowest BCUT2D eigenvalue weighted by molar-refractivity contribution is 0.0972. The Kier molecular flexibility index (Phi) is 3.16. The van der Waals surface area contributed by atoms with E-state index in [1.165, 1.54) is 0 Å². The van der Waals surface area contributed by atoms with E-state index in [9.17, 15) is 4.79 Å². The van der Waals surface area contributed by atoms with Crippen molar-refractivity contribution in [3.63, 3.8) is 0 Å². The molecule has 0 fully saturated rings. The molecule has 3 aromatic rings. The van der Waals surface area contributed by atoms with Crippen LogP contribution < -0.4 is 0 Å². The fourth-order valence-corrected chi connectivity index (χ4v) is 2.76. The summed E-state index contributed by atoms with van der Waals surface area (Å²) in [6.07, 6.45) is 0. The predicted octanol–water partition coefficient (Wildman–Crippen LogP) is 3.18. The molecule has 21 heavy (non-hydrogen) atoms. The molecule has 0 atom stereocenters. The summed E-state index contributed by atoms with van der Waals surface area (Å²) in [4.78, 5) is 17.1. The number of imidazole rings is 1. The minimum Gasteiger partial charge on any atom is -0.351 e. The lowest BCUT2D eigenvalue weighted by Crippen LogP contribution is -2.12. The highest BCUT2D eigenvalue weighted by Crippen LogP contribution is 2.19. The van der Waals surface area contributed by atoms with Crippen LogP contribution in [0.25, 0.3) is 11.0 Å². The van der Waals surface area contributed by atoms with Gasteiger partial charge in [-0.3, -0.25) is 4.79 Å². The predicted molar refractivity (Wildman–Crippen MR) is 83.7 cm³/mol. The van der Waals surface area contributed by atoms with Gasteiger partial charge in [0.1, 0.15) is 5.82 Å². The zero-order chi connectivity index (χ0) is 15.1. The minimum atomic E-state index is 0.127. The number of rotatable bonds is 3. The van der Waals surface area contributed by atoms with Gasteiger partial charge in [-0.15, -0.1) is 0 Å². The van der Waals surface area contributed by atoms with Crippen LogP contribution in [0.2, 0.25) is 0 Å². The summed E-state index contributed by atoms with van der Waals surface area (Å²) in [7, 11) is 1.99. The molecule has 108 valence electrons. The summed E-state index contributed by atoms with van der Waals surface area (Å²) >= 11 is 0. The largest absolute Gasteiger partial charge is 0.351 e. The van der Waals surface area contributed by atoms with Crippen molar-refractivity contribution in [1.29, 1.82) is 0 Å². The standard InChI is InChI=1S/C17H19N3O/c1-11-9-14(12(2)19(11)4)17(21)10-20-13(3)18-15-7-5-6-8-16(15)20/h5-9H,10H2,1-4H3. The molecule has 0 amide bonds. The Hall–Kier alpha value is -2.36. The van der Waals surface area contributed by atoms with Crippen LogP contribution in [0.3, 0.4) is 0 Å². The molecule has 0 spiro atoms. The third kappa shape index (κ3) is 2.17. The molecule has 0 unspecified atom stereocenters. The maximum atomic E-state index is 12.6. The Morgan fingerprint density at radius 1 is 1.19 bits per heavy atom. The SMILES string of the molecule is Cc1cc(C(=O)Cn2c(C)nc3ccccc32)c(C)n1C. The third-order valence-electron chi connectivity index (χ3n) is 4.22. The zero-order valence-corrected chi connectivity index (χ0v) is 12.8. The monoisotopic (exact) mass is 281 g/mol. The average Bonchev–Trinajstić information content (AvgIpc) is 2.91. The number of carbonyl (C=O) groups is 1. The first kappa shape index (κ1) is 13.6. The summed E-state index contributed by atoms with van der Waals surface area (Å²) in [5.41, 5.74) is 4.85. The van der Waals surface area contributed by atoms with Crippen LogP contribution in [0.5, 0.6) is 0 Å². The van der Waals surface area contributed by atoms with Crippen molar-refractivity contribution >= 4 is 16.8 Å². The lowest BCUT2D eigenvalue weighted by Gasteiger charge is -2.06. The smallest absolute Gasteiger partial charge is 0.184 e. The van der Waals surface area contributed by atoms with Crippen molar-refractivity contribution in [2.24, 2.45) is 7.05 Å². The molecule has 0 aliphatic rings. The van der Waals surface area contributed by atoms with Gasteiger partial charge in [-0.05, 0) is 39.0 Å². The van der Waals surface area contributed by atoms with Gasteiger partial charge >= 0.3 is 0 Å². The minimum absolute atomic E-state index is 0.127. The first-order valence-corrected chi connectivity index (χ1v) is 7.07. The van der Waals surface area contributed by atoms with Crippen molar-refractivity contribution in [2.45, 2.75) is 27.3 Å². The Morgan fingerprint density at radius 2 is 1.90 bits per heavy atom. The first-order chi connectivity index (χ1) is 9.99. The van der Waals surface area contributed by atoms with Gasteiger partial charge < -0.3 is 9.13 Å². The van der Waals surface area contributed by atoms with Gasteiger partial charge in [0.05, 0.1) is 17.6 Å². The fourth-order valence-electron chi connectivity index (χ4n) is 2.76. The van der Waals surface area contributed by atoms with Crippen LogP contribution in [0.4, 0.5) is 0 Å². The maximum absolute atomic E-state index is 12.6. The summed E-state index contributed by atoms with van der Waals surface area (Å²) in [5.74, 6) is 0.998. The Balaban J connectivity index is 2.00. The van der Waals surface area contributed by atoms with Gasteiger partial charge in [-0.25, -0.2) is 4.98 Å². The lowest BCUT2D eigenvalue weighted by atomic mass is 10.1. The molecule has 4 heteroatoms. The number of ketones is 1. The number of benzene rings is 1. The van der Waals surface area contributed by atoms with Crippen molar-refractivity contribution < 1.29 is 4.79 Å². The van der Waals surface area contributed by atoms with Gasteiger partial charge in [0, 0.05) is 24.0 Å². The van der Waals surface area contributed by atoms with Crippen LogP contribution in [-0.2, 0) is 13.6 Å². The molecule has 2 aromatic heterocycles. The highest BCUT2D eigenvalue weighted by atomic mass is 16.1. The summed E-state index contributed by atoms with van der Waals surface area (Å²) < 4.78 is 4.03. The van der Waals surface area contributed by atoms with E-state index in [1.54, 1.807) is 0 Å². The normalized spacial score (nSPS) is 11.2. The number of para-hydroxylation sites is 2. The molecule has 0 aliphatic heterocycles. The van der Waals surface area contributed by atoms with Crippen LogP contribution in [-0.4, -0.2) is 19.9 Å². The number of fused-ring (bicyclic) bond motifs is 1. The molecule has 0 bridgehead atoms. The molecule has 0 saturated heterocycles. The number of aryl methyl sites for hydroxylation is 2. The van der Waals surface area contributed by atoms with E-state index in [4.69, 9.17) is 0 Å². The Bertz CT molecular complexity index is 839. The fraction of sp³-hybridized carbons (Fsp3) is 0.294. The Labute approximate surface area is 124 Å². The highest BCUT2D eigenvalue weighted by Gasteiger charge is 2.16. The summed E-state index contributed by atoms with van der Waals surface area (Å²) in [6.45, 7) is 6.27. The van der Waals surface area contributed by atoms with Gasteiger partial charge in [-0.2, -0.15) is 0 Å². The maximum Gasteiger partial charge on any atom is 0.184 e. The van der Waals surface area contributed by atoms with Gasteiger partial charge in [0.2, 0.25) is 0 Å². The van der Waals surface area contributed by atoms with Crippen molar-refractivity contribution in [2.75, 3.05) is 0 Å². The summed E-state index contributed by atoms with van der Waals surface area (Å²) in [5, 5.41) is 0. The van der Waals surface area contributed by atoms with E-state index in [0.29, 0.717) is 6.54 Å². The van der Waals surface area contributed by atoms with Crippen molar-refractivity contribution in [3.8, 4) is 0 Å². The number of aromatic nitrogens is 3. The number of hydrogen-bond acceptors (Lipinski definition) is 2. The molecule has 0 N–H and O–H groups in total. The number of nitrogens with zero attached hydrogens (tertiary/aromatic N) is 3. The van der Waals surface area contributed by atoms with Crippen LogP contribution >= 0.6 is 0 Å². The van der Waals surface area contributed by atoms with E-state index in [-0.39, 0.29) is 5.78 Å². The van der Waals surface area contributed by atoms with Crippen LogP contribution in [0.15, 0.2) is 30.3 Å². The Morgan fingerprint density at radius 3 is 2.57 bits per heavy atom. The quantitative estimate of drug-likeness (QED) is 0.692. The van der Waals surface area contributed by atoms with E-state index in [2.05, 4.69) is 4.98 Å². The van der Waals surface area contributed by atoms with E-state index < -0.39 is 0 Å². The second kappa shape index (κ2) is 4.88. The molecule has 3 rings (SSSR count). The van der Waals surface area contributed by atoms with Gasteiger partial charge in [0.25, 0.3) is 0 Å². The van der Waals surface area contributed by atoms with E-state index in [0.717, 1.165) is 33.8 Å². The van der Waals surface area contributed by atoms with Crippen molar-refractivity contribution in [1.82, 2.24) is 14.1 Å². The number of hydrogen-bond donors (Lipinski definition) is 0. The van der Waals surface area contributed by atoms with Crippen LogP contribution in [0.1, 0.15) is 27.6 Å². The highest BCUT2D eigenvalue weighted by molar-refractivity contribution is 5.98. The number of carbonyl (C=O) groups excluding carboxylic acids is 1. The molecule has 0 aliphatic carbocycles. The molecule has 0 radical (unpaired) electrons. The molecule has 2 heterocycles. The molecule has 1 aromatic carbocycles. The number of Topliss-reactive ketones (excluding diaryl/α,β-unsaturated/α-hetero) is 1. The summed E-state index contributed by atoms with van der Waals surface area (Å²) in [6, 6.07) is 9.88. The topological polar surface area (TPSA) is 39.8 Å². The van der Waals surface area contributed by atoms with Gasteiger partial charge in [0.15, 0.2) is 5.78 Å². The molecular weight excluding hydrogens is 262 g/mol. The average molecular weight is 281 g/mol. The van der Waals surface area contributed by atoms with E-state index in [1.807, 2.05) is 67.3 Å². The van der Waals surface area contributed by atoms with Gasteiger partial charge in [-0.1, -0.05) is 12.1 Å². The molecule has 4 nitrogen and oxygen atoms in total. The third-order valence-corrected chi connectivity index (χ3v) is 4.22. The first-order valence-electron chi connectivity index (χ1n) is 7.07.